The van der Waals surface area contributed by atoms with Crippen molar-refractivity contribution in [2.75, 3.05) is 0 Å². The van der Waals surface area contributed by atoms with Crippen LogP contribution >= 0.6 is 75.3 Å². The smallest absolute Gasteiger partial charge is 0.271 e. The third-order valence-electron chi connectivity index (χ3n) is 1.09. The van der Waals surface area contributed by atoms with Gasteiger partial charge in [0.25, 0.3) is 10.0 Å². The molecule has 0 saturated heterocycles. The van der Waals surface area contributed by atoms with E-state index < -0.39 is 19.1 Å². The number of hydrogen-bond donors (Lipinski definition) is 1. The van der Waals surface area contributed by atoms with E-state index in [9.17, 15) is 13.2 Å². The molecule has 0 aliphatic rings. The second-order valence-electron chi connectivity index (χ2n) is 2.10. The van der Waals surface area contributed by atoms with Crippen molar-refractivity contribution in [1.29, 1.82) is 0 Å². The normalized spacial score (nSPS) is 17.7. The van der Waals surface area contributed by atoms with Gasteiger partial charge in [-0.1, -0.05) is 47.8 Å². The SMILES string of the molecule is O=CNS(=O)(=O)C(Br)=C(Br)C(Br)C(Cl)Br. The second kappa shape index (κ2) is 6.95. The zero-order valence-electron chi connectivity index (χ0n) is 6.75. The summed E-state index contributed by atoms with van der Waals surface area (Å²) >= 11 is 17.8. The lowest BCUT2D eigenvalue weighted by molar-refractivity contribution is -0.108. The van der Waals surface area contributed by atoms with Gasteiger partial charge in [0.15, 0.2) is 0 Å². The first-order valence-electron chi connectivity index (χ1n) is 3.17. The van der Waals surface area contributed by atoms with Gasteiger partial charge in [0.05, 0.1) is 4.83 Å². The summed E-state index contributed by atoms with van der Waals surface area (Å²) in [5.74, 6) is 0. The molecule has 2 unspecified atom stereocenters. The van der Waals surface area contributed by atoms with Crippen molar-refractivity contribution in [3.05, 3.63) is 8.30 Å². The van der Waals surface area contributed by atoms with Crippen LogP contribution in [-0.2, 0) is 14.8 Å². The molecule has 15 heavy (non-hydrogen) atoms. The monoisotopic (exact) mass is 509 g/mol. The maximum atomic E-state index is 11.3. The van der Waals surface area contributed by atoms with Gasteiger partial charge in [-0.05, 0) is 15.9 Å². The standard InChI is InChI=1S/C5H4Br4ClNO3S/c6-2(4(8)10)3(7)5(9)15(13,14)11-1-12/h1-2,4H,(H,11,12). The van der Waals surface area contributed by atoms with Crippen LogP contribution in [0.3, 0.4) is 0 Å². The van der Waals surface area contributed by atoms with Gasteiger partial charge in [-0.25, -0.2) is 8.42 Å². The van der Waals surface area contributed by atoms with Crippen molar-refractivity contribution in [2.24, 2.45) is 0 Å². The predicted octanol–water partition coefficient (Wildman–Crippen LogP) is 2.74. The molecular weight excluding hydrogens is 509 g/mol. The van der Waals surface area contributed by atoms with Crippen LogP contribution in [0, 0.1) is 0 Å². The number of carbonyl (C=O) groups excluding carboxylic acids is 1. The molecule has 0 aromatic rings. The fourth-order valence-electron chi connectivity index (χ4n) is 0.462. The van der Waals surface area contributed by atoms with Gasteiger partial charge in [0, 0.05) is 4.48 Å². The molecule has 0 fully saturated rings. The maximum Gasteiger partial charge on any atom is 0.271 e. The number of nitrogens with one attached hydrogen (secondary N) is 1. The lowest BCUT2D eigenvalue weighted by Gasteiger charge is -2.12. The van der Waals surface area contributed by atoms with Crippen molar-refractivity contribution in [2.45, 2.75) is 9.11 Å². The second-order valence-corrected chi connectivity index (χ2v) is 8.89. The molecule has 0 heterocycles. The van der Waals surface area contributed by atoms with Crippen molar-refractivity contribution < 1.29 is 13.2 Å². The molecule has 0 spiro atoms. The van der Waals surface area contributed by atoms with Gasteiger partial charge in [0.2, 0.25) is 6.41 Å². The molecule has 0 aromatic heterocycles. The van der Waals surface area contributed by atoms with E-state index in [2.05, 4.69) is 63.7 Å². The first-order valence-corrected chi connectivity index (χ1v) is 8.51. The number of alkyl halides is 3. The number of carbonyl (C=O) groups is 1. The molecule has 4 nitrogen and oxygen atoms in total. The van der Waals surface area contributed by atoms with Gasteiger partial charge >= 0.3 is 0 Å². The lowest BCUT2D eigenvalue weighted by Crippen LogP contribution is -2.23. The number of halogens is 5. The molecule has 0 aromatic carbocycles. The van der Waals surface area contributed by atoms with E-state index in [1.807, 2.05) is 0 Å². The summed E-state index contributed by atoms with van der Waals surface area (Å²) in [4.78, 5) is 9.59. The average Bonchev–Trinajstić information content (AvgIpc) is 2.14. The Morgan fingerprint density at radius 2 is 1.80 bits per heavy atom. The molecule has 0 aliphatic carbocycles. The molecule has 1 N–H and O–H groups in total. The number of rotatable bonds is 5. The Morgan fingerprint density at radius 1 is 1.33 bits per heavy atom. The molecule has 0 radical (unpaired) electrons. The molecule has 0 aliphatic heterocycles. The van der Waals surface area contributed by atoms with E-state index in [-0.39, 0.29) is 14.7 Å². The van der Waals surface area contributed by atoms with Gasteiger partial charge in [-0.2, -0.15) is 0 Å². The van der Waals surface area contributed by atoms with Crippen LogP contribution in [0.2, 0.25) is 0 Å². The summed E-state index contributed by atoms with van der Waals surface area (Å²) in [6, 6.07) is 0. The zero-order valence-corrected chi connectivity index (χ0v) is 14.7. The number of allylic oxidation sites excluding steroid dienone is 1. The van der Waals surface area contributed by atoms with Crippen LogP contribution in [-0.4, -0.2) is 23.9 Å². The average molecular weight is 513 g/mol. The van der Waals surface area contributed by atoms with Crippen LogP contribution in [0.5, 0.6) is 0 Å². The Morgan fingerprint density at radius 3 is 2.13 bits per heavy atom. The van der Waals surface area contributed by atoms with Gasteiger partial charge in [-0.15, -0.1) is 11.6 Å². The quantitative estimate of drug-likeness (QED) is 0.455. The van der Waals surface area contributed by atoms with Crippen LogP contribution in [0.25, 0.3) is 0 Å². The first kappa shape index (κ1) is 16.4. The first-order chi connectivity index (χ1) is 6.74. The Balaban J connectivity index is 5.19. The number of hydrogen-bond acceptors (Lipinski definition) is 3. The van der Waals surface area contributed by atoms with Gasteiger partial charge in [-0.3, -0.25) is 9.52 Å². The fraction of sp³-hybridized carbons (Fsp3) is 0.400. The Hall–Kier alpha value is 1.37. The number of amides is 1. The summed E-state index contributed by atoms with van der Waals surface area (Å²) in [6.45, 7) is 0. The third kappa shape index (κ3) is 5.03. The highest BCUT2D eigenvalue weighted by Crippen LogP contribution is 2.34. The van der Waals surface area contributed by atoms with Crippen molar-refractivity contribution in [3.63, 3.8) is 0 Å². The fourth-order valence-corrected chi connectivity index (χ4v) is 4.09. The minimum Gasteiger partial charge on any atom is -0.278 e. The van der Waals surface area contributed by atoms with E-state index in [4.69, 9.17) is 11.6 Å². The Kier molecular flexibility index (Phi) is 7.58. The largest absolute Gasteiger partial charge is 0.278 e. The van der Waals surface area contributed by atoms with Gasteiger partial charge < -0.3 is 0 Å². The lowest BCUT2D eigenvalue weighted by atomic mass is 10.5. The van der Waals surface area contributed by atoms with E-state index in [0.717, 1.165) is 0 Å². The van der Waals surface area contributed by atoms with Gasteiger partial charge in [0.1, 0.15) is 8.10 Å². The molecule has 0 bridgehead atoms. The highest BCUT2D eigenvalue weighted by Gasteiger charge is 2.25. The predicted molar refractivity (Wildman–Crippen MR) is 74.3 cm³/mol. The van der Waals surface area contributed by atoms with Crippen LogP contribution in [0.4, 0.5) is 0 Å². The summed E-state index contributed by atoms with van der Waals surface area (Å²) in [5.41, 5.74) is 0. The third-order valence-corrected chi connectivity index (χ3v) is 8.97. The van der Waals surface area contributed by atoms with E-state index in [1.54, 1.807) is 4.72 Å². The summed E-state index contributed by atoms with van der Waals surface area (Å²) in [5, 5.41) is 0. The zero-order chi connectivity index (χ0) is 12.2. The van der Waals surface area contributed by atoms with Crippen LogP contribution in [0.1, 0.15) is 0 Å². The molecular formula is C5H4Br4ClNO3S. The molecule has 10 heteroatoms. The minimum atomic E-state index is -3.87. The van der Waals surface area contributed by atoms with Crippen molar-refractivity contribution >= 4 is 91.8 Å². The molecule has 88 valence electrons. The highest BCUT2D eigenvalue weighted by molar-refractivity contribution is 9.16. The van der Waals surface area contributed by atoms with Crippen LogP contribution < -0.4 is 4.72 Å². The van der Waals surface area contributed by atoms with E-state index in [0.29, 0.717) is 0 Å². The summed E-state index contributed by atoms with van der Waals surface area (Å²) in [6.07, 6.45) is 0.0758. The summed E-state index contributed by atoms with van der Waals surface area (Å²) in [7, 11) is -3.87. The molecule has 1 amide bonds. The number of sulfonamides is 1. The molecule has 0 saturated carbocycles. The molecule has 2 atom stereocenters. The van der Waals surface area contributed by atoms with E-state index >= 15 is 0 Å². The minimum absolute atomic E-state index is 0.0758. The Labute approximate surface area is 126 Å². The Bertz CT molecular complexity index is 368. The molecule has 0 rings (SSSR count). The van der Waals surface area contributed by atoms with E-state index in [1.165, 1.54) is 0 Å². The summed E-state index contributed by atoms with van der Waals surface area (Å²) < 4.78 is 23.9. The van der Waals surface area contributed by atoms with Crippen molar-refractivity contribution in [3.8, 4) is 0 Å². The van der Waals surface area contributed by atoms with Crippen molar-refractivity contribution in [1.82, 2.24) is 4.72 Å². The maximum absolute atomic E-state index is 11.3. The highest BCUT2D eigenvalue weighted by atomic mass is 79.9. The van der Waals surface area contributed by atoms with Crippen LogP contribution in [0.15, 0.2) is 8.30 Å². The topological polar surface area (TPSA) is 63.2 Å².